The van der Waals surface area contributed by atoms with Gasteiger partial charge in [-0.15, -0.1) is 0 Å². The lowest BCUT2D eigenvalue weighted by molar-refractivity contribution is -0.455. The van der Waals surface area contributed by atoms with E-state index in [9.17, 15) is 25.2 Å². The summed E-state index contributed by atoms with van der Waals surface area (Å²) in [4.78, 5) is 13.7. The van der Waals surface area contributed by atoms with Gasteiger partial charge in [-0.05, 0) is 37.0 Å². The van der Waals surface area contributed by atoms with E-state index >= 15 is 0 Å². The highest BCUT2D eigenvalue weighted by Crippen LogP contribution is 2.76. The number of aliphatic hydroxyl groups is 4. The first-order valence-electron chi connectivity index (χ1n) is 10.5. The summed E-state index contributed by atoms with van der Waals surface area (Å²) in [5.74, 6) is -3.88. The lowest BCUT2D eigenvalue weighted by Gasteiger charge is -2.74. The molecule has 6 rings (SSSR count). The predicted molar refractivity (Wildman–Crippen MR) is 96.9 cm³/mol. The van der Waals surface area contributed by atoms with Gasteiger partial charge >= 0.3 is 0 Å². The summed E-state index contributed by atoms with van der Waals surface area (Å²) < 4.78 is 11.2. The fraction of sp³-hybridized carbons (Fsp3) is 0.952. The largest absolute Gasteiger partial charge is 0.393 e. The van der Waals surface area contributed by atoms with Crippen LogP contribution in [0.15, 0.2) is 0 Å². The Hall–Kier alpha value is -0.570. The van der Waals surface area contributed by atoms with Crippen molar-refractivity contribution in [3.05, 3.63) is 0 Å². The summed E-state index contributed by atoms with van der Waals surface area (Å²) in [6, 6.07) is 0. The molecular formula is C21H32O7. The van der Waals surface area contributed by atoms with Crippen LogP contribution in [-0.2, 0) is 14.3 Å². The summed E-state index contributed by atoms with van der Waals surface area (Å²) in [5, 5.41) is 45.7. The Kier molecular flexibility index (Phi) is 3.85. The molecular weight excluding hydrogens is 364 g/mol. The molecule has 158 valence electrons. The van der Waals surface area contributed by atoms with Gasteiger partial charge in [-0.1, -0.05) is 13.8 Å². The Labute approximate surface area is 165 Å². The third-order valence-corrected chi connectivity index (χ3v) is 9.32. The summed E-state index contributed by atoms with van der Waals surface area (Å²) in [6.07, 6.45) is -0.899. The van der Waals surface area contributed by atoms with Crippen LogP contribution in [-0.4, -0.2) is 70.6 Å². The molecule has 4 saturated carbocycles. The van der Waals surface area contributed by atoms with Gasteiger partial charge in [-0.2, -0.15) is 0 Å². The van der Waals surface area contributed by atoms with Crippen molar-refractivity contribution < 1.29 is 34.7 Å². The molecule has 7 heteroatoms. The van der Waals surface area contributed by atoms with E-state index < -0.39 is 52.7 Å². The molecule has 7 nitrogen and oxygen atoms in total. The molecule has 6 aliphatic rings. The number of Topliss-reactive ketones (excluding diaryl/α,β-unsaturated/α-hetero) is 1. The van der Waals surface area contributed by atoms with Crippen LogP contribution in [0.4, 0.5) is 0 Å². The number of hydrogen-bond donors (Lipinski definition) is 4. The molecule has 2 heterocycles. The maximum atomic E-state index is 13.7. The molecule has 0 unspecified atom stereocenters. The predicted octanol–water partition coefficient (Wildman–Crippen LogP) is 0.0820. The van der Waals surface area contributed by atoms with Gasteiger partial charge in [-0.25, -0.2) is 0 Å². The van der Waals surface area contributed by atoms with Gasteiger partial charge in [0, 0.05) is 30.3 Å². The molecule has 0 aromatic heterocycles. The SMILES string of the molecule is COC[C@H]1C(=O)[C@]23C[C@H]1C[C@@H](O)[C@H]2[C@@]12CO[C@]3(O)[C@@H](O)[C@@H]1C(C)(C)CC[C@@H]2O. The molecule has 4 bridgehead atoms. The Morgan fingerprint density at radius 1 is 1.21 bits per heavy atom. The zero-order chi connectivity index (χ0) is 20.3. The zero-order valence-corrected chi connectivity index (χ0v) is 16.8. The van der Waals surface area contributed by atoms with Crippen LogP contribution in [0.5, 0.6) is 0 Å². The highest BCUT2D eigenvalue weighted by molar-refractivity contribution is 5.92. The highest BCUT2D eigenvalue weighted by Gasteiger charge is 2.86. The third kappa shape index (κ3) is 1.82. The van der Waals surface area contributed by atoms with Gasteiger partial charge in [-0.3, -0.25) is 4.79 Å². The van der Waals surface area contributed by atoms with Gasteiger partial charge in [0.05, 0.1) is 30.8 Å². The van der Waals surface area contributed by atoms with E-state index in [-0.39, 0.29) is 30.3 Å². The minimum atomic E-state index is -2.04. The first-order chi connectivity index (χ1) is 13.1. The average molecular weight is 396 g/mol. The Balaban J connectivity index is 1.75. The average Bonchev–Trinajstić information content (AvgIpc) is 2.83. The van der Waals surface area contributed by atoms with Crippen molar-refractivity contribution in [1.29, 1.82) is 0 Å². The lowest BCUT2D eigenvalue weighted by Crippen LogP contribution is -2.85. The second-order valence-corrected chi connectivity index (χ2v) is 10.7. The minimum Gasteiger partial charge on any atom is -0.393 e. The van der Waals surface area contributed by atoms with Gasteiger partial charge in [0.25, 0.3) is 0 Å². The van der Waals surface area contributed by atoms with E-state index in [4.69, 9.17) is 9.47 Å². The molecule has 2 spiro atoms. The molecule has 0 aromatic carbocycles. The molecule has 0 aromatic rings. The standard InChI is InChI=1S/C21H32O7/c1-18(2)5-4-13(23)19-9-28-21(26,17(25)15(18)19)20-7-10(6-12(22)14(19)20)11(8-27-3)16(20)24/h10-15,17,22-23,25-26H,4-9H2,1-3H3/t10-,11-,12-,13+,14+,15-,17+,19+,20+,21-/m1/s1. The number of ether oxygens (including phenoxy) is 2. The maximum absolute atomic E-state index is 13.7. The maximum Gasteiger partial charge on any atom is 0.205 e. The van der Waals surface area contributed by atoms with Gasteiger partial charge in [0.1, 0.15) is 6.10 Å². The minimum absolute atomic E-state index is 0.0478. The summed E-state index contributed by atoms with van der Waals surface area (Å²) in [5.41, 5.74) is -2.71. The van der Waals surface area contributed by atoms with Crippen LogP contribution in [0.25, 0.3) is 0 Å². The van der Waals surface area contributed by atoms with Crippen molar-refractivity contribution >= 4 is 5.78 Å². The van der Waals surface area contributed by atoms with E-state index in [1.54, 1.807) is 0 Å². The second kappa shape index (κ2) is 5.56. The molecule has 6 fully saturated rings. The topological polar surface area (TPSA) is 116 Å². The Morgan fingerprint density at radius 3 is 2.61 bits per heavy atom. The van der Waals surface area contributed by atoms with Crippen molar-refractivity contribution in [2.45, 2.75) is 63.6 Å². The van der Waals surface area contributed by atoms with E-state index in [0.29, 0.717) is 25.7 Å². The molecule has 2 saturated heterocycles. The number of aliphatic hydroxyl groups excluding tert-OH is 3. The Morgan fingerprint density at radius 2 is 1.93 bits per heavy atom. The highest BCUT2D eigenvalue weighted by atomic mass is 16.6. The molecule has 28 heavy (non-hydrogen) atoms. The zero-order valence-electron chi connectivity index (χ0n) is 16.8. The van der Waals surface area contributed by atoms with Crippen molar-refractivity contribution in [1.82, 2.24) is 0 Å². The summed E-state index contributed by atoms with van der Waals surface area (Å²) >= 11 is 0. The number of carbonyl (C=O) groups is 1. The van der Waals surface area contributed by atoms with Gasteiger partial charge in [0.2, 0.25) is 5.79 Å². The van der Waals surface area contributed by atoms with Gasteiger partial charge < -0.3 is 29.9 Å². The quantitative estimate of drug-likeness (QED) is 0.522. The van der Waals surface area contributed by atoms with Crippen LogP contribution in [0, 0.1) is 39.9 Å². The molecule has 4 aliphatic carbocycles. The van der Waals surface area contributed by atoms with Crippen LogP contribution in [0.1, 0.15) is 39.5 Å². The first-order valence-corrected chi connectivity index (χ1v) is 10.5. The number of fused-ring (bicyclic) bond motifs is 2. The van der Waals surface area contributed by atoms with E-state index in [0.717, 1.165) is 0 Å². The van der Waals surface area contributed by atoms with Crippen molar-refractivity contribution in [2.24, 2.45) is 39.9 Å². The van der Waals surface area contributed by atoms with Crippen molar-refractivity contribution in [3.63, 3.8) is 0 Å². The van der Waals surface area contributed by atoms with Crippen LogP contribution in [0.2, 0.25) is 0 Å². The number of rotatable bonds is 2. The smallest absolute Gasteiger partial charge is 0.205 e. The van der Waals surface area contributed by atoms with Crippen LogP contribution >= 0.6 is 0 Å². The summed E-state index contributed by atoms with van der Waals surface area (Å²) in [7, 11) is 1.54. The number of ketones is 1. The Bertz CT molecular complexity index is 709. The lowest BCUT2D eigenvalue weighted by atomic mass is 9.35. The first kappa shape index (κ1) is 19.4. The van der Waals surface area contributed by atoms with Gasteiger partial charge in [0.15, 0.2) is 5.78 Å². The molecule has 4 N–H and O–H groups in total. The third-order valence-electron chi connectivity index (χ3n) is 9.32. The number of carbonyl (C=O) groups excluding carboxylic acids is 1. The van der Waals surface area contributed by atoms with Crippen molar-refractivity contribution in [2.75, 3.05) is 20.3 Å². The van der Waals surface area contributed by atoms with E-state index in [1.165, 1.54) is 7.11 Å². The number of methoxy groups -OCH3 is 1. The van der Waals surface area contributed by atoms with E-state index in [1.807, 2.05) is 13.8 Å². The fourth-order valence-corrected chi connectivity index (χ4v) is 8.46. The molecule has 0 radical (unpaired) electrons. The van der Waals surface area contributed by atoms with E-state index in [2.05, 4.69) is 0 Å². The monoisotopic (exact) mass is 396 g/mol. The van der Waals surface area contributed by atoms with Crippen molar-refractivity contribution in [3.8, 4) is 0 Å². The summed E-state index contributed by atoms with van der Waals surface area (Å²) in [6.45, 7) is 4.34. The molecule has 0 amide bonds. The second-order valence-electron chi connectivity index (χ2n) is 10.7. The van der Waals surface area contributed by atoms with Crippen LogP contribution < -0.4 is 0 Å². The normalized spacial score (nSPS) is 59.1. The molecule has 10 atom stereocenters. The molecule has 2 aliphatic heterocycles. The fourth-order valence-electron chi connectivity index (χ4n) is 8.46. The van der Waals surface area contributed by atoms with Crippen LogP contribution in [0.3, 0.4) is 0 Å². The number of hydrogen-bond acceptors (Lipinski definition) is 7.